The Hall–Kier alpha value is -3.54. The van der Waals surface area contributed by atoms with E-state index in [-0.39, 0.29) is 16.5 Å². The average Bonchev–Trinajstić information content (AvgIpc) is 3.63. The van der Waals surface area contributed by atoms with E-state index < -0.39 is 14.8 Å². The normalized spacial score (nSPS) is 16.7. The molecule has 184 valence electrons. The van der Waals surface area contributed by atoms with Crippen LogP contribution in [0, 0.1) is 17.0 Å². The Kier molecular flexibility index (Phi) is 5.50. The number of anilines is 1. The lowest BCUT2D eigenvalue weighted by atomic mass is 10.1. The number of hydrogen-bond acceptors (Lipinski definition) is 8. The van der Waals surface area contributed by atoms with Gasteiger partial charge >= 0.3 is 0 Å². The van der Waals surface area contributed by atoms with E-state index in [0.29, 0.717) is 49.0 Å². The number of hydrogen-bond donors (Lipinski definition) is 0. The summed E-state index contributed by atoms with van der Waals surface area (Å²) in [6, 6.07) is 5.85. The van der Waals surface area contributed by atoms with Gasteiger partial charge < -0.3 is 9.80 Å². The van der Waals surface area contributed by atoms with Crippen LogP contribution in [0.4, 0.5) is 11.4 Å². The maximum absolute atomic E-state index is 13.6. The van der Waals surface area contributed by atoms with Crippen LogP contribution in [0.3, 0.4) is 0 Å². The number of rotatable bonds is 5. The third-order valence-corrected chi connectivity index (χ3v) is 7.80. The highest BCUT2D eigenvalue weighted by Crippen LogP contribution is 2.40. The number of amides is 1. The highest BCUT2D eigenvalue weighted by atomic mass is 32.2. The molecule has 1 saturated carbocycles. The summed E-state index contributed by atoms with van der Waals surface area (Å²) in [5, 5.41) is 16.9. The lowest BCUT2D eigenvalue weighted by Gasteiger charge is -2.36. The third-order valence-electron chi connectivity index (χ3n) is 6.69. The Morgan fingerprint density at radius 2 is 1.83 bits per heavy atom. The number of carbonyl (C=O) groups is 1. The molecule has 1 amide bonds. The van der Waals surface area contributed by atoms with E-state index >= 15 is 0 Å². The SMILES string of the molecule is Cc1nn(C)c2nc(C3CC3)cc(C(=O)N3CCN(c4ccc(S(C)(=O)=O)cc4[N+](=O)[O-])CC3)c12. The van der Waals surface area contributed by atoms with Crippen LogP contribution in [0.2, 0.25) is 0 Å². The van der Waals surface area contributed by atoms with Crippen LogP contribution in [0.25, 0.3) is 11.0 Å². The Labute approximate surface area is 202 Å². The van der Waals surface area contributed by atoms with E-state index in [4.69, 9.17) is 4.98 Å². The second kappa shape index (κ2) is 8.29. The van der Waals surface area contributed by atoms with Crippen molar-refractivity contribution in [1.82, 2.24) is 19.7 Å². The van der Waals surface area contributed by atoms with Crippen molar-refractivity contribution >= 4 is 38.2 Å². The number of pyridine rings is 1. The number of carbonyl (C=O) groups excluding carboxylic acids is 1. The monoisotopic (exact) mass is 498 g/mol. The number of piperazine rings is 1. The highest BCUT2D eigenvalue weighted by molar-refractivity contribution is 7.90. The maximum Gasteiger partial charge on any atom is 0.293 e. The molecule has 2 aliphatic rings. The summed E-state index contributed by atoms with van der Waals surface area (Å²) >= 11 is 0. The fraction of sp³-hybridized carbons (Fsp3) is 0.435. The van der Waals surface area contributed by atoms with Gasteiger partial charge in [0.05, 0.1) is 26.5 Å². The van der Waals surface area contributed by atoms with Crippen LogP contribution in [-0.4, -0.2) is 71.3 Å². The van der Waals surface area contributed by atoms with Crippen molar-refractivity contribution in [2.45, 2.75) is 30.6 Å². The molecule has 2 aromatic heterocycles. The van der Waals surface area contributed by atoms with Crippen molar-refractivity contribution in [2.75, 3.05) is 37.3 Å². The number of fused-ring (bicyclic) bond motifs is 1. The maximum atomic E-state index is 13.6. The number of benzene rings is 1. The minimum absolute atomic E-state index is 0.0956. The molecule has 0 bridgehead atoms. The standard InChI is InChI=1S/C23H26N6O5S/c1-14-21-17(13-18(15-4-5-15)24-22(21)26(2)25-14)23(30)28-10-8-27(9-11-28)19-7-6-16(35(3,33)34)12-20(19)29(31)32/h6-7,12-13,15H,4-5,8-11H2,1-3H3. The van der Waals surface area contributed by atoms with Gasteiger partial charge in [-0.05, 0) is 38.0 Å². The van der Waals surface area contributed by atoms with Gasteiger partial charge in [-0.3, -0.25) is 19.6 Å². The number of nitrogens with zero attached hydrogens (tertiary/aromatic N) is 6. The molecule has 3 aromatic rings. The summed E-state index contributed by atoms with van der Waals surface area (Å²) in [6.07, 6.45) is 3.15. The minimum atomic E-state index is -3.57. The van der Waals surface area contributed by atoms with E-state index in [0.717, 1.165) is 41.9 Å². The predicted molar refractivity (Wildman–Crippen MR) is 130 cm³/mol. The van der Waals surface area contributed by atoms with Gasteiger partial charge in [0, 0.05) is 57.2 Å². The molecule has 1 aliphatic carbocycles. The second-order valence-corrected chi connectivity index (χ2v) is 11.3. The lowest BCUT2D eigenvalue weighted by Crippen LogP contribution is -2.49. The van der Waals surface area contributed by atoms with Crippen molar-refractivity contribution in [3.8, 4) is 0 Å². The van der Waals surface area contributed by atoms with Gasteiger partial charge in [0.2, 0.25) is 0 Å². The molecule has 11 nitrogen and oxygen atoms in total. The Morgan fingerprint density at radius 1 is 1.14 bits per heavy atom. The molecule has 1 aromatic carbocycles. The number of aryl methyl sites for hydroxylation is 2. The van der Waals surface area contributed by atoms with E-state index in [1.165, 1.54) is 12.1 Å². The molecule has 0 atom stereocenters. The van der Waals surface area contributed by atoms with Crippen molar-refractivity contribution < 1.29 is 18.1 Å². The van der Waals surface area contributed by atoms with Crippen LogP contribution < -0.4 is 4.90 Å². The molecule has 1 saturated heterocycles. The molecule has 2 fully saturated rings. The van der Waals surface area contributed by atoms with Crippen LogP contribution in [0.1, 0.15) is 40.5 Å². The quantitative estimate of drug-likeness (QED) is 0.387. The highest BCUT2D eigenvalue weighted by Gasteiger charge is 2.32. The third kappa shape index (κ3) is 4.22. The smallest absolute Gasteiger partial charge is 0.293 e. The number of nitro benzene ring substituents is 1. The summed E-state index contributed by atoms with van der Waals surface area (Å²) in [5.74, 6) is 0.283. The fourth-order valence-corrected chi connectivity index (χ4v) is 5.33. The van der Waals surface area contributed by atoms with Gasteiger partial charge in [-0.15, -0.1) is 0 Å². The first-order valence-electron chi connectivity index (χ1n) is 11.4. The van der Waals surface area contributed by atoms with Gasteiger partial charge in [0.15, 0.2) is 15.5 Å². The zero-order valence-corrected chi connectivity index (χ0v) is 20.6. The molecular weight excluding hydrogens is 472 g/mol. The fourth-order valence-electron chi connectivity index (χ4n) is 4.69. The topological polar surface area (TPSA) is 132 Å². The van der Waals surface area contributed by atoms with Crippen molar-refractivity contribution in [3.05, 3.63) is 51.3 Å². The Morgan fingerprint density at radius 3 is 2.43 bits per heavy atom. The molecule has 0 N–H and O–H groups in total. The molecule has 1 aliphatic heterocycles. The first kappa shape index (κ1) is 23.2. The summed E-state index contributed by atoms with van der Waals surface area (Å²) in [7, 11) is -1.74. The van der Waals surface area contributed by atoms with Gasteiger partial charge in [-0.25, -0.2) is 13.4 Å². The average molecular weight is 499 g/mol. The summed E-state index contributed by atoms with van der Waals surface area (Å²) in [6.45, 7) is 3.41. The molecule has 35 heavy (non-hydrogen) atoms. The zero-order chi connectivity index (χ0) is 25.1. The lowest BCUT2D eigenvalue weighted by molar-refractivity contribution is -0.384. The second-order valence-electron chi connectivity index (χ2n) is 9.24. The predicted octanol–water partition coefficient (Wildman–Crippen LogP) is 2.43. The van der Waals surface area contributed by atoms with Crippen LogP contribution >= 0.6 is 0 Å². The van der Waals surface area contributed by atoms with Crippen molar-refractivity contribution in [3.63, 3.8) is 0 Å². The molecule has 0 radical (unpaired) electrons. The first-order valence-corrected chi connectivity index (χ1v) is 13.3. The molecule has 3 heterocycles. The van der Waals surface area contributed by atoms with Crippen molar-refractivity contribution in [2.24, 2.45) is 7.05 Å². The first-order chi connectivity index (χ1) is 16.5. The van der Waals surface area contributed by atoms with Crippen LogP contribution in [-0.2, 0) is 16.9 Å². The van der Waals surface area contributed by atoms with E-state index in [9.17, 15) is 23.3 Å². The summed E-state index contributed by atoms with van der Waals surface area (Å²) in [4.78, 5) is 32.9. The van der Waals surface area contributed by atoms with Gasteiger partial charge in [-0.1, -0.05) is 0 Å². The van der Waals surface area contributed by atoms with Gasteiger partial charge in [0.1, 0.15) is 5.69 Å². The molecule has 12 heteroatoms. The van der Waals surface area contributed by atoms with Gasteiger partial charge in [-0.2, -0.15) is 5.10 Å². The molecule has 5 rings (SSSR count). The summed E-state index contributed by atoms with van der Waals surface area (Å²) in [5.41, 5.74) is 3.06. The van der Waals surface area contributed by atoms with E-state index in [1.807, 2.05) is 24.9 Å². The van der Waals surface area contributed by atoms with E-state index in [1.54, 1.807) is 9.58 Å². The number of aromatic nitrogens is 3. The number of nitro groups is 1. The minimum Gasteiger partial charge on any atom is -0.362 e. The van der Waals surface area contributed by atoms with Gasteiger partial charge in [0.25, 0.3) is 11.6 Å². The Bertz CT molecular complexity index is 1470. The molecule has 0 spiro atoms. The molecule has 0 unspecified atom stereocenters. The number of sulfone groups is 1. The van der Waals surface area contributed by atoms with Crippen molar-refractivity contribution in [1.29, 1.82) is 0 Å². The zero-order valence-electron chi connectivity index (χ0n) is 19.8. The van der Waals surface area contributed by atoms with E-state index in [2.05, 4.69) is 5.10 Å². The van der Waals surface area contributed by atoms with Crippen LogP contribution in [0.15, 0.2) is 29.2 Å². The molecular formula is C23H26N6O5S. The Balaban J connectivity index is 1.41. The van der Waals surface area contributed by atoms with Crippen LogP contribution in [0.5, 0.6) is 0 Å². The largest absolute Gasteiger partial charge is 0.362 e. The summed E-state index contributed by atoms with van der Waals surface area (Å²) < 4.78 is 25.4.